The summed E-state index contributed by atoms with van der Waals surface area (Å²) in [6.07, 6.45) is 0. The van der Waals surface area contributed by atoms with Gasteiger partial charge in [-0.2, -0.15) is 0 Å². The third kappa shape index (κ3) is 17.7. The Morgan fingerprint density at radius 3 is 1.45 bits per heavy atom. The van der Waals surface area contributed by atoms with Gasteiger partial charge in [0.05, 0.1) is 0 Å². The molecule has 11 heavy (non-hydrogen) atoms. The summed E-state index contributed by atoms with van der Waals surface area (Å²) in [4.78, 5) is 8.78. The van der Waals surface area contributed by atoms with Crippen molar-refractivity contribution >= 4 is 22.3 Å². The van der Waals surface area contributed by atoms with Crippen LogP contribution in [-0.4, -0.2) is 40.2 Å². The fourth-order valence-corrected chi connectivity index (χ4v) is 0.671. The fraction of sp³-hybridized carbons (Fsp3) is 0.750. The quantitative estimate of drug-likeness (QED) is 0.517. The van der Waals surface area contributed by atoms with Gasteiger partial charge in [0, 0.05) is 21.3 Å². The Bertz CT molecular complexity index is 87.0. The van der Waals surface area contributed by atoms with Gasteiger partial charge in [0.1, 0.15) is 0 Å². The molecule has 7 heteroatoms. The van der Waals surface area contributed by atoms with Crippen LogP contribution in [0.25, 0.3) is 0 Å². The smallest absolute Gasteiger partial charge is 0.331 e. The fourth-order valence-electron chi connectivity index (χ4n) is 0.224. The van der Waals surface area contributed by atoms with Crippen molar-refractivity contribution in [3.8, 4) is 0 Å². The molecular formula is C4H10BO5P. The number of hydrogen-bond donors (Lipinski definition) is 1. The molecule has 0 amide bonds. The van der Waals surface area contributed by atoms with Gasteiger partial charge < -0.3 is 18.7 Å². The maximum absolute atomic E-state index is 8.78. The molecule has 64 valence electrons. The zero-order valence-electron chi connectivity index (χ0n) is 6.60. The van der Waals surface area contributed by atoms with Crippen LogP contribution in [0, 0.1) is 0 Å². The first-order chi connectivity index (χ1) is 5.08. The lowest BCUT2D eigenvalue weighted by atomic mass is 10.2. The molecule has 0 rings (SSSR count). The minimum atomic E-state index is -1.33. The van der Waals surface area contributed by atoms with E-state index in [2.05, 4.69) is 21.4 Å². The Morgan fingerprint density at radius 2 is 1.45 bits per heavy atom. The van der Waals surface area contributed by atoms with E-state index in [1.807, 2.05) is 0 Å². The monoisotopic (exact) mass is 180 g/mol. The van der Waals surface area contributed by atoms with Gasteiger partial charge in [0.2, 0.25) is 13.7 Å². The minimum Gasteiger partial charge on any atom is -0.490 e. The van der Waals surface area contributed by atoms with Gasteiger partial charge in [-0.05, 0) is 0 Å². The molecule has 5 nitrogen and oxygen atoms in total. The van der Waals surface area contributed by atoms with Crippen molar-refractivity contribution in [3.63, 3.8) is 0 Å². The second-order valence-electron chi connectivity index (χ2n) is 1.11. The largest absolute Gasteiger partial charge is 0.490 e. The lowest BCUT2D eigenvalue weighted by Crippen LogP contribution is -1.83. The molecular weight excluding hydrogens is 170 g/mol. The molecule has 1 N–H and O–H groups in total. The topological polar surface area (TPSA) is 65.0 Å². The predicted octanol–water partition coefficient (Wildman–Crippen LogP) is 0.985. The van der Waals surface area contributed by atoms with E-state index in [0.717, 1.165) is 0 Å². The van der Waals surface area contributed by atoms with E-state index >= 15 is 0 Å². The summed E-state index contributed by atoms with van der Waals surface area (Å²) >= 11 is 0. The van der Waals surface area contributed by atoms with Gasteiger partial charge in [0.15, 0.2) is 0 Å². The summed E-state index contributed by atoms with van der Waals surface area (Å²) in [5, 5.41) is 7.19. The zero-order valence-corrected chi connectivity index (χ0v) is 7.50. The molecule has 0 saturated heterocycles. The highest BCUT2D eigenvalue weighted by Crippen LogP contribution is 2.35. The minimum absolute atomic E-state index is 1.05. The normalized spacial score (nSPS) is 8.73. The molecule has 0 bridgehead atoms. The lowest BCUT2D eigenvalue weighted by Gasteiger charge is -2.05. The van der Waals surface area contributed by atoms with Crippen LogP contribution in [0.5, 0.6) is 0 Å². The summed E-state index contributed by atoms with van der Waals surface area (Å²) in [6, 6.07) is 0. The first-order valence-corrected chi connectivity index (χ1v) is 3.58. The van der Waals surface area contributed by atoms with Gasteiger partial charge in [0.25, 0.3) is 0 Å². The van der Waals surface area contributed by atoms with Crippen molar-refractivity contribution in [2.75, 3.05) is 21.3 Å². The molecule has 0 heterocycles. The molecule has 0 unspecified atom stereocenters. The van der Waals surface area contributed by atoms with Gasteiger partial charge >= 0.3 is 8.60 Å². The van der Waals surface area contributed by atoms with Gasteiger partial charge in [-0.15, -0.1) is 0 Å². The van der Waals surface area contributed by atoms with Crippen molar-refractivity contribution in [3.05, 3.63) is 0 Å². The standard InChI is InChI=1S/C3H9O3P.CHBO2/c1-4-7(5-2)6-3;2-1(3)4/h1-3H3;(H,3,4). The van der Waals surface area contributed by atoms with E-state index in [-0.39, 0.29) is 0 Å². The highest BCUT2D eigenvalue weighted by Gasteiger charge is 2.00. The molecule has 0 atom stereocenters. The van der Waals surface area contributed by atoms with E-state index in [9.17, 15) is 0 Å². The van der Waals surface area contributed by atoms with Crippen molar-refractivity contribution in [1.82, 2.24) is 0 Å². The van der Waals surface area contributed by atoms with Gasteiger partial charge in [-0.3, -0.25) is 4.79 Å². The molecule has 0 aliphatic carbocycles. The molecule has 0 fully saturated rings. The number of carboxylic acid groups (broad SMARTS) is 1. The van der Waals surface area contributed by atoms with E-state index < -0.39 is 14.5 Å². The Kier molecular flexibility index (Phi) is 12.0. The van der Waals surface area contributed by atoms with Crippen LogP contribution in [0.15, 0.2) is 0 Å². The summed E-state index contributed by atoms with van der Waals surface area (Å²) in [6.45, 7) is 0. The van der Waals surface area contributed by atoms with Crippen molar-refractivity contribution in [1.29, 1.82) is 0 Å². The summed E-state index contributed by atoms with van der Waals surface area (Å²) in [5.41, 5.74) is 0. The van der Waals surface area contributed by atoms with Crippen molar-refractivity contribution in [2.45, 2.75) is 0 Å². The van der Waals surface area contributed by atoms with Gasteiger partial charge in [-0.1, -0.05) is 0 Å². The van der Waals surface area contributed by atoms with Crippen LogP contribution in [0.2, 0.25) is 0 Å². The third-order valence-electron chi connectivity index (χ3n) is 0.447. The maximum atomic E-state index is 8.78. The SMILES string of the molecule is COP(OC)OC.[B]C(=O)O. The summed E-state index contributed by atoms with van der Waals surface area (Å²) in [5.74, 6) is -1.33. The highest BCUT2D eigenvalue weighted by molar-refractivity contribution is 7.41. The molecule has 0 aromatic heterocycles. The third-order valence-corrected chi connectivity index (χ3v) is 1.34. The number of rotatable bonds is 3. The van der Waals surface area contributed by atoms with Crippen LogP contribution < -0.4 is 0 Å². The van der Waals surface area contributed by atoms with Crippen LogP contribution >= 0.6 is 8.60 Å². The van der Waals surface area contributed by atoms with E-state index in [1.165, 1.54) is 0 Å². The van der Waals surface area contributed by atoms with Crippen LogP contribution in [-0.2, 0) is 13.6 Å². The van der Waals surface area contributed by atoms with Crippen LogP contribution in [0.3, 0.4) is 0 Å². The predicted molar refractivity (Wildman–Crippen MR) is 41.7 cm³/mol. The zero-order chi connectivity index (χ0) is 9.28. The second kappa shape index (κ2) is 9.84. The molecule has 2 radical (unpaired) electrons. The second-order valence-corrected chi connectivity index (χ2v) is 2.65. The average molecular weight is 180 g/mol. The first kappa shape index (κ1) is 13.4. The Balaban J connectivity index is 0. The number of hydrogen-bond acceptors (Lipinski definition) is 4. The van der Waals surface area contributed by atoms with E-state index in [4.69, 9.17) is 9.90 Å². The highest BCUT2D eigenvalue weighted by atomic mass is 31.2. The molecule has 0 aliphatic rings. The average Bonchev–Trinajstić information content (AvgIpc) is 1.90. The Morgan fingerprint density at radius 1 is 1.27 bits per heavy atom. The van der Waals surface area contributed by atoms with Crippen LogP contribution in [0.1, 0.15) is 0 Å². The van der Waals surface area contributed by atoms with Crippen molar-refractivity contribution < 1.29 is 23.5 Å². The number of carbonyl (C=O) groups is 1. The first-order valence-electron chi connectivity index (χ1n) is 2.49. The summed E-state index contributed by atoms with van der Waals surface area (Å²) in [7, 11) is 7.59. The van der Waals surface area contributed by atoms with E-state index in [0.29, 0.717) is 0 Å². The summed E-state index contributed by atoms with van der Waals surface area (Å²) < 4.78 is 14.0. The van der Waals surface area contributed by atoms with Crippen molar-refractivity contribution in [2.24, 2.45) is 0 Å². The van der Waals surface area contributed by atoms with Crippen LogP contribution in [0.4, 0.5) is 4.79 Å². The Hall–Kier alpha value is -0.155. The maximum Gasteiger partial charge on any atom is 0.331 e. The molecule has 0 spiro atoms. The molecule has 0 aromatic rings. The molecule has 0 aromatic carbocycles. The Labute approximate surface area is 68.0 Å². The molecule has 0 aliphatic heterocycles. The molecule has 0 saturated carbocycles. The lowest BCUT2D eigenvalue weighted by molar-refractivity contribution is 0.220. The van der Waals surface area contributed by atoms with E-state index in [1.54, 1.807) is 21.3 Å². The van der Waals surface area contributed by atoms with Gasteiger partial charge in [-0.25, -0.2) is 0 Å².